The quantitative estimate of drug-likeness (QED) is 0.391. The second kappa shape index (κ2) is 9.94. The molecule has 0 spiro atoms. The van der Waals surface area contributed by atoms with Gasteiger partial charge in [0, 0.05) is 16.0 Å². The molecule has 0 aliphatic rings. The zero-order chi connectivity index (χ0) is 19.8. The normalized spacial score (nSPS) is 10.6. The number of rotatable bonds is 9. The molecule has 1 amide bonds. The standard InChI is InChI=1S/C21H23N3O3S/c1-3-4-5-12-26-17-10-6-8-15(13-17)19(25)22-21-24-23-20(27-21)16-9-7-11-18(14-16)28-2/h6-11,13-14H,3-5,12H2,1-2H3,(H,22,24,25). The van der Waals surface area contributed by atoms with Gasteiger partial charge in [0.15, 0.2) is 0 Å². The van der Waals surface area contributed by atoms with E-state index in [1.54, 1.807) is 30.0 Å². The van der Waals surface area contributed by atoms with E-state index in [0.29, 0.717) is 23.8 Å². The lowest BCUT2D eigenvalue weighted by atomic mass is 10.2. The van der Waals surface area contributed by atoms with Gasteiger partial charge in [-0.25, -0.2) is 0 Å². The Labute approximate surface area is 168 Å². The molecule has 2 aromatic carbocycles. The first-order valence-corrected chi connectivity index (χ1v) is 10.4. The van der Waals surface area contributed by atoms with Gasteiger partial charge in [0.1, 0.15) is 5.75 Å². The Bertz CT molecular complexity index is 927. The summed E-state index contributed by atoms with van der Waals surface area (Å²) in [6.07, 6.45) is 5.26. The summed E-state index contributed by atoms with van der Waals surface area (Å²) >= 11 is 1.63. The number of amides is 1. The molecule has 0 bridgehead atoms. The molecule has 146 valence electrons. The minimum atomic E-state index is -0.327. The number of hydrogen-bond acceptors (Lipinski definition) is 6. The van der Waals surface area contributed by atoms with E-state index in [2.05, 4.69) is 22.4 Å². The molecule has 0 radical (unpaired) electrons. The van der Waals surface area contributed by atoms with E-state index >= 15 is 0 Å². The van der Waals surface area contributed by atoms with Crippen LogP contribution in [0.3, 0.4) is 0 Å². The van der Waals surface area contributed by atoms with Crippen molar-refractivity contribution in [3.8, 4) is 17.2 Å². The van der Waals surface area contributed by atoms with Crippen LogP contribution < -0.4 is 10.1 Å². The van der Waals surface area contributed by atoms with Gasteiger partial charge < -0.3 is 9.15 Å². The van der Waals surface area contributed by atoms with E-state index in [1.165, 1.54) is 0 Å². The predicted molar refractivity (Wildman–Crippen MR) is 111 cm³/mol. The van der Waals surface area contributed by atoms with Crippen LogP contribution in [0.15, 0.2) is 57.8 Å². The Hall–Kier alpha value is -2.80. The van der Waals surface area contributed by atoms with Crippen LogP contribution in [0.4, 0.5) is 6.01 Å². The number of ether oxygens (including phenoxy) is 1. The molecule has 1 heterocycles. The predicted octanol–water partition coefficient (Wildman–Crippen LogP) is 5.28. The first-order valence-electron chi connectivity index (χ1n) is 9.21. The average molecular weight is 398 g/mol. The summed E-state index contributed by atoms with van der Waals surface area (Å²) in [6, 6.07) is 14.9. The fourth-order valence-corrected chi connectivity index (χ4v) is 3.04. The summed E-state index contributed by atoms with van der Waals surface area (Å²) in [5.41, 5.74) is 1.28. The van der Waals surface area contributed by atoms with Crippen LogP contribution in [0.1, 0.15) is 36.5 Å². The summed E-state index contributed by atoms with van der Waals surface area (Å²) < 4.78 is 11.3. The van der Waals surface area contributed by atoms with Crippen molar-refractivity contribution in [2.45, 2.75) is 31.1 Å². The van der Waals surface area contributed by atoms with Crippen LogP contribution in [-0.4, -0.2) is 29.0 Å². The van der Waals surface area contributed by atoms with Crippen molar-refractivity contribution in [1.82, 2.24) is 10.2 Å². The highest BCUT2D eigenvalue weighted by atomic mass is 32.2. The van der Waals surface area contributed by atoms with E-state index in [4.69, 9.17) is 9.15 Å². The van der Waals surface area contributed by atoms with Crippen molar-refractivity contribution in [3.05, 3.63) is 54.1 Å². The summed E-state index contributed by atoms with van der Waals surface area (Å²) in [4.78, 5) is 13.6. The molecule has 0 fully saturated rings. The van der Waals surface area contributed by atoms with Gasteiger partial charge in [-0.05, 0) is 49.1 Å². The number of unbranched alkanes of at least 4 members (excludes halogenated alkanes) is 2. The van der Waals surface area contributed by atoms with Crippen molar-refractivity contribution in [3.63, 3.8) is 0 Å². The maximum absolute atomic E-state index is 12.5. The Morgan fingerprint density at radius 2 is 2.00 bits per heavy atom. The Kier molecular flexibility index (Phi) is 7.08. The number of benzene rings is 2. The van der Waals surface area contributed by atoms with Crippen molar-refractivity contribution in [1.29, 1.82) is 0 Å². The van der Waals surface area contributed by atoms with Gasteiger partial charge in [-0.2, -0.15) is 0 Å². The van der Waals surface area contributed by atoms with Crippen molar-refractivity contribution >= 4 is 23.7 Å². The number of nitrogens with one attached hydrogen (secondary N) is 1. The van der Waals surface area contributed by atoms with Gasteiger partial charge in [-0.3, -0.25) is 10.1 Å². The van der Waals surface area contributed by atoms with Crippen molar-refractivity contribution < 1.29 is 13.9 Å². The number of carbonyl (C=O) groups excluding carboxylic acids is 1. The van der Waals surface area contributed by atoms with Crippen LogP contribution in [-0.2, 0) is 0 Å². The fraction of sp³-hybridized carbons (Fsp3) is 0.286. The SMILES string of the molecule is CCCCCOc1cccc(C(=O)Nc2nnc(-c3cccc(SC)c3)o2)c1. The van der Waals surface area contributed by atoms with E-state index in [-0.39, 0.29) is 11.9 Å². The molecule has 0 saturated heterocycles. The van der Waals surface area contributed by atoms with Crippen LogP contribution in [0.2, 0.25) is 0 Å². The number of nitrogens with zero attached hydrogens (tertiary/aromatic N) is 2. The molecule has 3 rings (SSSR count). The van der Waals surface area contributed by atoms with Gasteiger partial charge in [0.2, 0.25) is 5.89 Å². The molecule has 6 nitrogen and oxygen atoms in total. The van der Waals surface area contributed by atoms with Gasteiger partial charge in [0.05, 0.1) is 6.61 Å². The van der Waals surface area contributed by atoms with E-state index in [1.807, 2.05) is 36.6 Å². The molecule has 1 aromatic heterocycles. The smallest absolute Gasteiger partial charge is 0.322 e. The highest BCUT2D eigenvalue weighted by Crippen LogP contribution is 2.25. The Morgan fingerprint density at radius 3 is 2.82 bits per heavy atom. The molecule has 28 heavy (non-hydrogen) atoms. The van der Waals surface area contributed by atoms with Crippen LogP contribution in [0.5, 0.6) is 5.75 Å². The molecular formula is C21H23N3O3S. The lowest BCUT2D eigenvalue weighted by Gasteiger charge is -2.07. The van der Waals surface area contributed by atoms with Crippen LogP contribution in [0.25, 0.3) is 11.5 Å². The molecule has 1 N–H and O–H groups in total. The summed E-state index contributed by atoms with van der Waals surface area (Å²) in [5, 5.41) is 10.6. The van der Waals surface area contributed by atoms with E-state index in [0.717, 1.165) is 29.7 Å². The minimum absolute atomic E-state index is 0.0591. The van der Waals surface area contributed by atoms with Gasteiger partial charge in [-0.15, -0.1) is 16.9 Å². The maximum Gasteiger partial charge on any atom is 0.322 e. The monoisotopic (exact) mass is 397 g/mol. The first kappa shape index (κ1) is 19.9. The fourth-order valence-electron chi connectivity index (χ4n) is 2.58. The van der Waals surface area contributed by atoms with Crippen molar-refractivity contribution in [2.75, 3.05) is 18.2 Å². The first-order chi connectivity index (χ1) is 13.7. The summed E-state index contributed by atoms with van der Waals surface area (Å²) in [5.74, 6) is 0.704. The molecular weight excluding hydrogens is 374 g/mol. The number of hydrogen-bond donors (Lipinski definition) is 1. The Morgan fingerprint density at radius 1 is 1.14 bits per heavy atom. The van der Waals surface area contributed by atoms with E-state index < -0.39 is 0 Å². The number of aromatic nitrogens is 2. The van der Waals surface area contributed by atoms with Gasteiger partial charge in [0.25, 0.3) is 5.91 Å². The topological polar surface area (TPSA) is 77.2 Å². The minimum Gasteiger partial charge on any atom is -0.494 e. The van der Waals surface area contributed by atoms with Gasteiger partial charge >= 0.3 is 6.01 Å². The van der Waals surface area contributed by atoms with Crippen LogP contribution in [0, 0.1) is 0 Å². The maximum atomic E-state index is 12.5. The average Bonchev–Trinajstić information content (AvgIpc) is 3.20. The number of anilines is 1. The molecule has 0 aliphatic heterocycles. The Balaban J connectivity index is 1.64. The number of carbonyl (C=O) groups is 1. The third-order valence-electron chi connectivity index (χ3n) is 4.07. The lowest BCUT2D eigenvalue weighted by molar-refractivity contribution is 0.102. The second-order valence-corrected chi connectivity index (χ2v) is 7.06. The highest BCUT2D eigenvalue weighted by Gasteiger charge is 2.13. The highest BCUT2D eigenvalue weighted by molar-refractivity contribution is 7.98. The largest absolute Gasteiger partial charge is 0.494 e. The van der Waals surface area contributed by atoms with Crippen LogP contribution >= 0.6 is 11.8 Å². The summed E-state index contributed by atoms with van der Waals surface area (Å²) in [7, 11) is 0. The third-order valence-corrected chi connectivity index (χ3v) is 4.80. The number of thioether (sulfide) groups is 1. The van der Waals surface area contributed by atoms with Crippen molar-refractivity contribution in [2.24, 2.45) is 0 Å². The molecule has 3 aromatic rings. The van der Waals surface area contributed by atoms with Gasteiger partial charge in [-0.1, -0.05) is 37.0 Å². The molecule has 7 heteroatoms. The molecule has 0 atom stereocenters. The summed E-state index contributed by atoms with van der Waals surface area (Å²) in [6.45, 7) is 2.79. The molecule has 0 unspecified atom stereocenters. The van der Waals surface area contributed by atoms with E-state index in [9.17, 15) is 4.79 Å². The molecule has 0 aliphatic carbocycles. The third kappa shape index (κ3) is 5.36. The zero-order valence-electron chi connectivity index (χ0n) is 16.0. The lowest BCUT2D eigenvalue weighted by Crippen LogP contribution is -2.12. The zero-order valence-corrected chi connectivity index (χ0v) is 16.8. The molecule has 0 saturated carbocycles. The second-order valence-electron chi connectivity index (χ2n) is 6.18.